The summed E-state index contributed by atoms with van der Waals surface area (Å²) in [7, 11) is 0. The molecule has 54 heavy (non-hydrogen) atoms. The molecule has 6 nitrogen and oxygen atoms in total. The molecule has 0 saturated carbocycles. The molecule has 0 bridgehead atoms. The summed E-state index contributed by atoms with van der Waals surface area (Å²) in [6.45, 7) is 0. The molecule has 0 fully saturated rings. The lowest BCUT2D eigenvalue weighted by molar-refractivity contribution is 0.766. The van der Waals surface area contributed by atoms with Gasteiger partial charge in [-0.1, -0.05) is 133 Å². The topological polar surface area (TPSA) is 69.4 Å². The fourth-order valence-corrected chi connectivity index (χ4v) is 8.66. The molecule has 0 radical (unpaired) electrons. The lowest BCUT2D eigenvalue weighted by Gasteiger charge is -2.11. The number of rotatable bonds is 5. The second-order valence-electron chi connectivity index (χ2n) is 13.4. The van der Waals surface area contributed by atoms with Crippen LogP contribution >= 0.6 is 11.3 Å². The number of nitrogens with zero attached hydrogens (tertiary/aromatic N) is 6. The van der Waals surface area contributed by atoms with Gasteiger partial charge in [0.05, 0.1) is 5.69 Å². The summed E-state index contributed by atoms with van der Waals surface area (Å²) in [5.74, 6) is 1.88. The molecular formula is C47H28N6S. The molecule has 11 aromatic rings. The zero-order chi connectivity index (χ0) is 35.6. The Labute approximate surface area is 313 Å². The predicted molar refractivity (Wildman–Crippen MR) is 222 cm³/mol. The SMILES string of the molecule is c1ccc(-c2ccc(-c3nc(-c4ccc5ccc6ccc7nn(-c8ccccc8)nc7c6c5c4)nc(-c4cccc5c4sc4ccccc45)n3)cc2)cc1. The normalized spacial score (nSPS) is 11.7. The third-order valence-electron chi connectivity index (χ3n) is 10.1. The Morgan fingerprint density at radius 2 is 1.06 bits per heavy atom. The van der Waals surface area contributed by atoms with Crippen molar-refractivity contribution in [3.63, 3.8) is 0 Å². The van der Waals surface area contributed by atoms with Crippen molar-refractivity contribution in [1.29, 1.82) is 0 Å². The van der Waals surface area contributed by atoms with Gasteiger partial charge < -0.3 is 0 Å². The average molecular weight is 709 g/mol. The molecule has 3 aromatic heterocycles. The standard InChI is InChI=1S/C47H28N6S/c1-3-10-29(11-4-1)30-18-23-33(24-19-30)45-48-46(50-47(49-45)38-16-9-15-37-36-14-7-8-17-41(36)54-44(37)38)34-25-21-31-20-22-32-26-27-40-43(42(32)39(31)28-34)52-53(51-40)35-12-5-2-6-13-35/h1-28H. The van der Waals surface area contributed by atoms with E-state index in [4.69, 9.17) is 25.1 Å². The average Bonchev–Trinajstić information content (AvgIpc) is 3.86. The quantitative estimate of drug-likeness (QED) is 0.166. The predicted octanol–water partition coefficient (Wildman–Crippen LogP) is 11.9. The first kappa shape index (κ1) is 30.5. The monoisotopic (exact) mass is 708 g/mol. The summed E-state index contributed by atoms with van der Waals surface area (Å²) >= 11 is 1.78. The molecule has 252 valence electrons. The number of thiophene rings is 1. The van der Waals surface area contributed by atoms with Crippen LogP contribution in [0.4, 0.5) is 0 Å². The van der Waals surface area contributed by atoms with Crippen LogP contribution in [0.15, 0.2) is 170 Å². The zero-order valence-corrected chi connectivity index (χ0v) is 29.6. The number of aromatic nitrogens is 6. The highest BCUT2D eigenvalue weighted by Gasteiger charge is 2.18. The minimum atomic E-state index is 0.610. The summed E-state index contributed by atoms with van der Waals surface area (Å²) in [6.07, 6.45) is 0. The van der Waals surface area contributed by atoms with E-state index in [0.717, 1.165) is 65.2 Å². The number of fused-ring (bicyclic) bond motifs is 8. The molecule has 8 aromatic carbocycles. The fraction of sp³-hybridized carbons (Fsp3) is 0. The Morgan fingerprint density at radius 1 is 0.426 bits per heavy atom. The smallest absolute Gasteiger partial charge is 0.165 e. The van der Waals surface area contributed by atoms with Gasteiger partial charge >= 0.3 is 0 Å². The Balaban J connectivity index is 1.12. The van der Waals surface area contributed by atoms with Gasteiger partial charge in [0, 0.05) is 42.2 Å². The summed E-state index contributed by atoms with van der Waals surface area (Å²) < 4.78 is 2.40. The molecule has 0 aliphatic carbocycles. The maximum Gasteiger partial charge on any atom is 0.165 e. The van der Waals surface area contributed by atoms with E-state index in [-0.39, 0.29) is 0 Å². The second kappa shape index (κ2) is 12.3. The van der Waals surface area contributed by atoms with E-state index < -0.39 is 0 Å². The van der Waals surface area contributed by atoms with Crippen LogP contribution in [0.2, 0.25) is 0 Å². The molecule has 0 aliphatic heterocycles. The van der Waals surface area contributed by atoms with Crippen molar-refractivity contribution < 1.29 is 0 Å². The summed E-state index contributed by atoms with van der Waals surface area (Å²) in [5.41, 5.74) is 7.73. The minimum absolute atomic E-state index is 0.610. The third kappa shape index (κ3) is 5.05. The van der Waals surface area contributed by atoms with Gasteiger partial charge in [0.1, 0.15) is 11.0 Å². The molecular weight excluding hydrogens is 681 g/mol. The molecule has 7 heteroatoms. The lowest BCUT2D eigenvalue weighted by Crippen LogP contribution is -2.00. The number of para-hydroxylation sites is 1. The number of hydrogen-bond acceptors (Lipinski definition) is 6. The van der Waals surface area contributed by atoms with E-state index >= 15 is 0 Å². The van der Waals surface area contributed by atoms with Crippen LogP contribution in [0.3, 0.4) is 0 Å². The zero-order valence-electron chi connectivity index (χ0n) is 28.8. The molecule has 0 spiro atoms. The Hall–Kier alpha value is -7.09. The van der Waals surface area contributed by atoms with Gasteiger partial charge in [-0.25, -0.2) is 15.0 Å². The van der Waals surface area contributed by atoms with Gasteiger partial charge in [-0.05, 0) is 63.7 Å². The number of benzene rings is 8. The van der Waals surface area contributed by atoms with Crippen LogP contribution in [0.1, 0.15) is 0 Å². The van der Waals surface area contributed by atoms with E-state index in [9.17, 15) is 0 Å². The van der Waals surface area contributed by atoms with E-state index in [2.05, 4.69) is 127 Å². The van der Waals surface area contributed by atoms with Gasteiger partial charge in [-0.15, -0.1) is 21.5 Å². The fourth-order valence-electron chi connectivity index (χ4n) is 7.45. The van der Waals surface area contributed by atoms with Crippen LogP contribution in [0.25, 0.3) is 104 Å². The van der Waals surface area contributed by atoms with Crippen LogP contribution in [0.5, 0.6) is 0 Å². The van der Waals surface area contributed by atoms with E-state index in [1.54, 1.807) is 16.1 Å². The number of hydrogen-bond donors (Lipinski definition) is 0. The van der Waals surface area contributed by atoms with E-state index in [1.165, 1.54) is 21.0 Å². The van der Waals surface area contributed by atoms with Crippen LogP contribution in [-0.4, -0.2) is 29.9 Å². The van der Waals surface area contributed by atoms with E-state index in [0.29, 0.717) is 17.5 Å². The molecule has 0 unspecified atom stereocenters. The van der Waals surface area contributed by atoms with Crippen molar-refractivity contribution in [2.75, 3.05) is 0 Å². The first-order valence-corrected chi connectivity index (χ1v) is 18.7. The molecule has 3 heterocycles. The minimum Gasteiger partial charge on any atom is -0.208 e. The van der Waals surface area contributed by atoms with Crippen molar-refractivity contribution in [3.8, 4) is 51.0 Å². The Kier molecular flexibility index (Phi) is 6.93. The van der Waals surface area contributed by atoms with Gasteiger partial charge in [-0.3, -0.25) is 0 Å². The van der Waals surface area contributed by atoms with Crippen molar-refractivity contribution in [2.24, 2.45) is 0 Å². The molecule has 0 N–H and O–H groups in total. The molecule has 11 rings (SSSR count). The maximum absolute atomic E-state index is 5.23. The molecule has 0 amide bonds. The first-order valence-electron chi connectivity index (χ1n) is 17.8. The van der Waals surface area contributed by atoms with Gasteiger partial charge in [-0.2, -0.15) is 4.80 Å². The largest absolute Gasteiger partial charge is 0.208 e. The Bertz CT molecular complexity index is 3210. The van der Waals surface area contributed by atoms with Crippen LogP contribution in [0, 0.1) is 0 Å². The van der Waals surface area contributed by atoms with Crippen molar-refractivity contribution in [3.05, 3.63) is 170 Å². The van der Waals surface area contributed by atoms with Gasteiger partial charge in [0.25, 0.3) is 0 Å². The van der Waals surface area contributed by atoms with Crippen LogP contribution in [-0.2, 0) is 0 Å². The Morgan fingerprint density at radius 3 is 1.91 bits per heavy atom. The van der Waals surface area contributed by atoms with Crippen molar-refractivity contribution >= 4 is 64.1 Å². The molecule has 0 saturated heterocycles. The van der Waals surface area contributed by atoms with E-state index in [1.807, 2.05) is 42.5 Å². The van der Waals surface area contributed by atoms with Crippen molar-refractivity contribution in [1.82, 2.24) is 29.9 Å². The van der Waals surface area contributed by atoms with Crippen LogP contribution < -0.4 is 0 Å². The summed E-state index contributed by atoms with van der Waals surface area (Å²) in [5, 5.41) is 16.6. The lowest BCUT2D eigenvalue weighted by atomic mass is 9.98. The maximum atomic E-state index is 5.23. The van der Waals surface area contributed by atoms with Crippen molar-refractivity contribution in [2.45, 2.75) is 0 Å². The highest BCUT2D eigenvalue weighted by molar-refractivity contribution is 7.26. The summed E-state index contributed by atoms with van der Waals surface area (Å²) in [4.78, 5) is 17.3. The van der Waals surface area contributed by atoms with Gasteiger partial charge in [0.15, 0.2) is 17.5 Å². The summed E-state index contributed by atoms with van der Waals surface area (Å²) in [6, 6.07) is 58.8. The molecule has 0 aliphatic rings. The molecule has 0 atom stereocenters. The second-order valence-corrected chi connectivity index (χ2v) is 14.4. The third-order valence-corrected chi connectivity index (χ3v) is 11.3. The first-order chi connectivity index (χ1) is 26.7. The highest BCUT2D eigenvalue weighted by Crippen LogP contribution is 2.40. The van der Waals surface area contributed by atoms with Gasteiger partial charge in [0.2, 0.25) is 0 Å². The highest BCUT2D eigenvalue weighted by atomic mass is 32.1.